The zero-order chi connectivity index (χ0) is 15.1. The van der Waals surface area contributed by atoms with Crippen molar-refractivity contribution < 1.29 is 24.5 Å². The SMILES string of the molecule is CC(C)(C)OC(=O)n1cnc(C2(C(O)C(=O)O)CC2)c1. The summed E-state index contributed by atoms with van der Waals surface area (Å²) in [5.74, 6) is -1.28. The highest BCUT2D eigenvalue weighted by molar-refractivity contribution is 5.76. The van der Waals surface area contributed by atoms with Crippen molar-refractivity contribution in [3.05, 3.63) is 18.2 Å². The minimum atomic E-state index is -1.51. The van der Waals surface area contributed by atoms with Crippen molar-refractivity contribution in [2.75, 3.05) is 0 Å². The van der Waals surface area contributed by atoms with E-state index in [0.717, 1.165) is 4.57 Å². The summed E-state index contributed by atoms with van der Waals surface area (Å²) in [6.07, 6.45) is 1.67. The van der Waals surface area contributed by atoms with Crippen LogP contribution in [-0.2, 0) is 14.9 Å². The van der Waals surface area contributed by atoms with E-state index in [4.69, 9.17) is 9.84 Å². The molecule has 0 bridgehead atoms. The zero-order valence-electron chi connectivity index (χ0n) is 11.7. The molecular weight excluding hydrogens is 264 g/mol. The summed E-state index contributed by atoms with van der Waals surface area (Å²) >= 11 is 0. The second kappa shape index (κ2) is 4.59. The van der Waals surface area contributed by atoms with Crippen molar-refractivity contribution in [1.29, 1.82) is 0 Å². The minimum absolute atomic E-state index is 0.401. The average Bonchev–Trinajstić information content (AvgIpc) is 2.96. The van der Waals surface area contributed by atoms with E-state index >= 15 is 0 Å². The van der Waals surface area contributed by atoms with Gasteiger partial charge in [-0.25, -0.2) is 19.1 Å². The predicted octanol–water partition coefficient (Wildman–Crippen LogP) is 1.14. The Bertz CT molecular complexity index is 539. The lowest BCUT2D eigenvalue weighted by molar-refractivity contribution is -0.148. The fraction of sp³-hybridized carbons (Fsp3) is 0.615. The maximum absolute atomic E-state index is 11.8. The third-order valence-corrected chi connectivity index (χ3v) is 3.24. The Hall–Kier alpha value is -1.89. The molecule has 7 heteroatoms. The third kappa shape index (κ3) is 2.67. The fourth-order valence-electron chi connectivity index (χ4n) is 2.04. The highest BCUT2D eigenvalue weighted by atomic mass is 16.6. The van der Waals surface area contributed by atoms with E-state index in [1.807, 2.05) is 0 Å². The number of imidazole rings is 1. The lowest BCUT2D eigenvalue weighted by Gasteiger charge is -2.19. The summed E-state index contributed by atoms with van der Waals surface area (Å²) in [7, 11) is 0. The monoisotopic (exact) mass is 282 g/mol. The van der Waals surface area contributed by atoms with E-state index in [2.05, 4.69) is 4.98 Å². The first-order chi connectivity index (χ1) is 9.16. The standard InChI is InChI=1S/C13H18N2O5/c1-12(2,3)20-11(19)15-6-8(14-7-15)13(4-5-13)9(16)10(17)18/h6-7,9,16H,4-5H2,1-3H3,(H,17,18). The van der Waals surface area contributed by atoms with Gasteiger partial charge in [-0.3, -0.25) is 0 Å². The van der Waals surface area contributed by atoms with E-state index in [-0.39, 0.29) is 0 Å². The number of hydrogen-bond donors (Lipinski definition) is 2. The van der Waals surface area contributed by atoms with Gasteiger partial charge in [0.25, 0.3) is 0 Å². The van der Waals surface area contributed by atoms with E-state index < -0.39 is 29.2 Å². The summed E-state index contributed by atoms with van der Waals surface area (Å²) in [5.41, 5.74) is -1.10. The first-order valence-electron chi connectivity index (χ1n) is 6.34. The molecule has 0 aromatic carbocycles. The Balaban J connectivity index is 2.18. The molecule has 0 amide bonds. The van der Waals surface area contributed by atoms with Gasteiger partial charge in [-0.2, -0.15) is 0 Å². The van der Waals surface area contributed by atoms with Crippen LogP contribution in [-0.4, -0.2) is 43.5 Å². The molecule has 1 unspecified atom stereocenters. The van der Waals surface area contributed by atoms with Gasteiger partial charge in [0.2, 0.25) is 0 Å². The number of aliphatic hydroxyl groups excluding tert-OH is 1. The molecule has 1 aliphatic carbocycles. The summed E-state index contributed by atoms with van der Waals surface area (Å²) in [5, 5.41) is 18.7. The Kier molecular flexibility index (Phi) is 3.33. The maximum Gasteiger partial charge on any atom is 0.419 e. The number of carboxylic acids is 1. The topological polar surface area (TPSA) is 102 Å². The van der Waals surface area contributed by atoms with Crippen LogP contribution in [0, 0.1) is 0 Å². The third-order valence-electron chi connectivity index (χ3n) is 3.24. The molecule has 1 atom stereocenters. The van der Waals surface area contributed by atoms with Crippen molar-refractivity contribution in [3.8, 4) is 0 Å². The van der Waals surface area contributed by atoms with Crippen molar-refractivity contribution >= 4 is 12.1 Å². The minimum Gasteiger partial charge on any atom is -0.479 e. The molecule has 1 aliphatic rings. The molecule has 7 nitrogen and oxygen atoms in total. The van der Waals surface area contributed by atoms with E-state index in [0.29, 0.717) is 18.5 Å². The van der Waals surface area contributed by atoms with Crippen LogP contribution in [0.3, 0.4) is 0 Å². The Morgan fingerprint density at radius 2 is 2.05 bits per heavy atom. The maximum atomic E-state index is 11.8. The molecule has 2 N–H and O–H groups in total. The number of aliphatic carboxylic acids is 1. The molecule has 110 valence electrons. The molecule has 1 saturated carbocycles. The summed E-state index contributed by atoms with van der Waals surface area (Å²) in [6.45, 7) is 5.25. The van der Waals surface area contributed by atoms with Crippen LogP contribution in [0.2, 0.25) is 0 Å². The smallest absolute Gasteiger partial charge is 0.419 e. The van der Waals surface area contributed by atoms with Gasteiger partial charge in [-0.15, -0.1) is 0 Å². The molecule has 0 radical (unpaired) electrons. The van der Waals surface area contributed by atoms with Gasteiger partial charge in [0, 0.05) is 6.20 Å². The highest BCUT2D eigenvalue weighted by Crippen LogP contribution is 2.50. The number of rotatable bonds is 3. The molecule has 2 rings (SSSR count). The molecule has 0 spiro atoms. The summed E-state index contributed by atoms with van der Waals surface area (Å²) in [4.78, 5) is 26.8. The second-order valence-electron chi connectivity index (χ2n) is 6.04. The number of nitrogens with zero attached hydrogens (tertiary/aromatic N) is 2. The highest BCUT2D eigenvalue weighted by Gasteiger charge is 2.55. The normalized spacial score (nSPS) is 18.4. The lowest BCUT2D eigenvalue weighted by Crippen LogP contribution is -2.34. The first kappa shape index (κ1) is 14.5. The number of hydrogen-bond acceptors (Lipinski definition) is 5. The van der Waals surface area contributed by atoms with Crippen molar-refractivity contribution in [2.24, 2.45) is 0 Å². The van der Waals surface area contributed by atoms with Gasteiger partial charge < -0.3 is 14.9 Å². The average molecular weight is 282 g/mol. The van der Waals surface area contributed by atoms with Crippen LogP contribution in [0.1, 0.15) is 39.3 Å². The van der Waals surface area contributed by atoms with Crippen molar-refractivity contribution in [3.63, 3.8) is 0 Å². The Labute approximate surface area is 116 Å². The van der Waals surface area contributed by atoms with Gasteiger partial charge >= 0.3 is 12.1 Å². The van der Waals surface area contributed by atoms with Gasteiger partial charge in [-0.05, 0) is 33.6 Å². The molecule has 1 fully saturated rings. The van der Waals surface area contributed by atoms with Gasteiger partial charge in [-0.1, -0.05) is 0 Å². The molecule has 20 heavy (non-hydrogen) atoms. The Morgan fingerprint density at radius 1 is 1.45 bits per heavy atom. The second-order valence-corrected chi connectivity index (χ2v) is 6.04. The molecule has 0 aliphatic heterocycles. The fourth-order valence-corrected chi connectivity index (χ4v) is 2.04. The molecule has 1 heterocycles. The first-order valence-corrected chi connectivity index (χ1v) is 6.34. The zero-order valence-corrected chi connectivity index (χ0v) is 11.7. The Morgan fingerprint density at radius 3 is 2.50 bits per heavy atom. The van der Waals surface area contributed by atoms with Crippen LogP contribution in [0.25, 0.3) is 0 Å². The predicted molar refractivity (Wildman–Crippen MR) is 68.4 cm³/mol. The molecule has 1 aromatic heterocycles. The van der Waals surface area contributed by atoms with Crippen LogP contribution in [0.5, 0.6) is 0 Å². The number of carbonyl (C=O) groups is 2. The summed E-state index contributed by atoms with van der Waals surface area (Å²) < 4.78 is 6.35. The number of aliphatic hydroxyl groups is 1. The summed E-state index contributed by atoms with van der Waals surface area (Å²) in [6, 6.07) is 0. The van der Waals surface area contributed by atoms with Crippen LogP contribution >= 0.6 is 0 Å². The quantitative estimate of drug-likeness (QED) is 0.862. The van der Waals surface area contributed by atoms with E-state index in [9.17, 15) is 14.7 Å². The number of ether oxygens (including phenoxy) is 1. The van der Waals surface area contributed by atoms with Gasteiger partial charge in [0.15, 0.2) is 6.10 Å². The van der Waals surface area contributed by atoms with Crippen LogP contribution in [0.4, 0.5) is 4.79 Å². The number of carboxylic acid groups (broad SMARTS) is 1. The van der Waals surface area contributed by atoms with Crippen LogP contribution in [0.15, 0.2) is 12.5 Å². The van der Waals surface area contributed by atoms with E-state index in [1.54, 1.807) is 20.8 Å². The van der Waals surface area contributed by atoms with Gasteiger partial charge in [0.05, 0.1) is 11.1 Å². The number of carbonyl (C=O) groups excluding carboxylic acids is 1. The van der Waals surface area contributed by atoms with Crippen molar-refractivity contribution in [2.45, 2.75) is 50.7 Å². The molecular formula is C13H18N2O5. The van der Waals surface area contributed by atoms with Crippen molar-refractivity contribution in [1.82, 2.24) is 9.55 Å². The lowest BCUT2D eigenvalue weighted by atomic mass is 9.96. The van der Waals surface area contributed by atoms with E-state index in [1.165, 1.54) is 12.5 Å². The molecule has 1 aromatic rings. The number of aromatic nitrogens is 2. The molecule has 0 saturated heterocycles. The van der Waals surface area contributed by atoms with Gasteiger partial charge in [0.1, 0.15) is 11.9 Å². The van der Waals surface area contributed by atoms with Crippen LogP contribution < -0.4 is 0 Å². The largest absolute Gasteiger partial charge is 0.479 e.